The molecule has 28 heavy (non-hydrogen) atoms. The molecule has 0 radical (unpaired) electrons. The molecule has 3 aromatic rings. The Morgan fingerprint density at radius 2 is 0.893 bits per heavy atom. The first kappa shape index (κ1) is 19.0. The van der Waals surface area contributed by atoms with Gasteiger partial charge < -0.3 is 20.9 Å². The third kappa shape index (κ3) is 4.67. The topological polar surface area (TPSA) is 118 Å². The summed E-state index contributed by atoms with van der Waals surface area (Å²) < 4.78 is 11.7. The Balaban J connectivity index is 1.81. The zero-order valence-electron chi connectivity index (χ0n) is 15.2. The molecule has 3 aromatic carbocycles. The Hall–Kier alpha value is -3.80. The van der Waals surface area contributed by atoms with Crippen LogP contribution in [0.4, 0.5) is 0 Å². The lowest BCUT2D eigenvalue weighted by Gasteiger charge is -2.21. The number of rotatable bonds is 8. The number of para-hydroxylation sites is 2. The summed E-state index contributed by atoms with van der Waals surface area (Å²) in [7, 11) is 0. The van der Waals surface area contributed by atoms with Gasteiger partial charge in [0.25, 0.3) is 0 Å². The quantitative estimate of drug-likeness (QED) is 0.354. The van der Waals surface area contributed by atoms with Gasteiger partial charge in [0.05, 0.1) is 0 Å². The molecular formula is C22H22N4O2. The largest absolute Gasteiger partial charge is 0.478 e. The highest BCUT2D eigenvalue weighted by Crippen LogP contribution is 2.26. The molecule has 142 valence electrons. The average Bonchev–Trinajstić information content (AvgIpc) is 2.72. The van der Waals surface area contributed by atoms with Gasteiger partial charge in [-0.05, 0) is 35.4 Å². The van der Waals surface area contributed by atoms with E-state index < -0.39 is 12.2 Å². The van der Waals surface area contributed by atoms with E-state index >= 15 is 0 Å². The third-order valence-corrected chi connectivity index (χ3v) is 4.10. The van der Waals surface area contributed by atoms with Gasteiger partial charge in [-0.25, -0.2) is 0 Å². The molecule has 2 atom stereocenters. The Bertz CT molecular complexity index is 849. The molecule has 0 aliphatic heterocycles. The number of ether oxygens (including phenoxy) is 2. The first-order valence-corrected chi connectivity index (χ1v) is 8.75. The van der Waals surface area contributed by atoms with Crippen LogP contribution in [0.1, 0.15) is 23.3 Å². The fourth-order valence-corrected chi connectivity index (χ4v) is 2.74. The molecule has 0 amide bonds. The molecule has 0 aromatic heterocycles. The van der Waals surface area contributed by atoms with Crippen LogP contribution in [0.5, 0.6) is 11.5 Å². The summed E-state index contributed by atoms with van der Waals surface area (Å²) in [6.07, 6.45) is -1.41. The maximum atomic E-state index is 7.87. The van der Waals surface area contributed by atoms with Crippen LogP contribution in [0.15, 0.2) is 84.9 Å². The van der Waals surface area contributed by atoms with Crippen LogP contribution in [-0.2, 0) is 0 Å². The smallest absolute Gasteiger partial charge is 0.180 e. The highest BCUT2D eigenvalue weighted by Gasteiger charge is 2.20. The molecule has 6 heteroatoms. The van der Waals surface area contributed by atoms with Gasteiger partial charge in [-0.15, -0.1) is 0 Å². The van der Waals surface area contributed by atoms with Crippen LogP contribution < -0.4 is 20.9 Å². The molecule has 0 aliphatic rings. The summed E-state index contributed by atoms with van der Waals surface area (Å²) in [6.45, 7) is 0. The van der Waals surface area contributed by atoms with Crippen molar-refractivity contribution in [1.82, 2.24) is 0 Å². The second kappa shape index (κ2) is 8.73. The first-order valence-electron chi connectivity index (χ1n) is 8.75. The van der Waals surface area contributed by atoms with Gasteiger partial charge >= 0.3 is 0 Å². The van der Waals surface area contributed by atoms with Crippen LogP contribution >= 0.6 is 0 Å². The number of hydrogen-bond acceptors (Lipinski definition) is 4. The van der Waals surface area contributed by atoms with Crippen molar-refractivity contribution in [1.29, 1.82) is 10.8 Å². The molecule has 0 heterocycles. The van der Waals surface area contributed by atoms with E-state index in [4.69, 9.17) is 31.8 Å². The Kier molecular flexibility index (Phi) is 5.91. The van der Waals surface area contributed by atoms with Crippen molar-refractivity contribution in [3.63, 3.8) is 0 Å². The summed E-state index contributed by atoms with van der Waals surface area (Å²) in [4.78, 5) is 0. The highest BCUT2D eigenvalue weighted by molar-refractivity contribution is 5.84. The molecule has 6 N–H and O–H groups in total. The monoisotopic (exact) mass is 374 g/mol. The van der Waals surface area contributed by atoms with Crippen molar-refractivity contribution in [3.8, 4) is 11.5 Å². The molecule has 2 unspecified atom stereocenters. The summed E-state index contributed by atoms with van der Waals surface area (Å²) in [6, 6.07) is 25.6. The van der Waals surface area contributed by atoms with Crippen molar-refractivity contribution in [2.75, 3.05) is 0 Å². The molecule has 0 aliphatic carbocycles. The zero-order valence-corrected chi connectivity index (χ0v) is 15.2. The predicted molar refractivity (Wildman–Crippen MR) is 110 cm³/mol. The van der Waals surface area contributed by atoms with E-state index in [0.717, 1.165) is 11.1 Å². The fraction of sp³-hybridized carbons (Fsp3) is 0.0909. The summed E-state index contributed by atoms with van der Waals surface area (Å²) in [5.74, 6) is 1.06. The van der Waals surface area contributed by atoms with Crippen molar-refractivity contribution < 1.29 is 9.47 Å². The van der Waals surface area contributed by atoms with Gasteiger partial charge in [0.2, 0.25) is 0 Å². The molecular weight excluding hydrogens is 352 g/mol. The standard InChI is InChI=1S/C22H22N4O2/c23-21(24)19(27-17-7-3-1-4-8-17)15-11-13-16(14-12-15)20(22(25)26)28-18-9-5-2-6-10-18/h1-14,19-20H,(H3,23,24)(H3,25,26). The minimum absolute atomic E-state index is 0.0970. The minimum Gasteiger partial charge on any atom is -0.478 e. The molecule has 0 fully saturated rings. The van der Waals surface area contributed by atoms with Gasteiger partial charge in [0, 0.05) is 0 Å². The van der Waals surface area contributed by atoms with Crippen LogP contribution in [0.3, 0.4) is 0 Å². The zero-order chi connectivity index (χ0) is 19.9. The van der Waals surface area contributed by atoms with Gasteiger partial charge in [-0.3, -0.25) is 10.8 Å². The van der Waals surface area contributed by atoms with Crippen molar-refractivity contribution in [2.24, 2.45) is 11.5 Å². The van der Waals surface area contributed by atoms with Crippen LogP contribution in [-0.4, -0.2) is 11.7 Å². The molecule has 0 saturated heterocycles. The second-order valence-corrected chi connectivity index (χ2v) is 6.20. The molecule has 0 spiro atoms. The van der Waals surface area contributed by atoms with Crippen LogP contribution in [0.25, 0.3) is 0 Å². The number of nitrogens with two attached hydrogens (primary N) is 2. The number of benzene rings is 3. The van der Waals surface area contributed by atoms with E-state index in [1.165, 1.54) is 0 Å². The van der Waals surface area contributed by atoms with Gasteiger partial charge in [-0.2, -0.15) is 0 Å². The Morgan fingerprint density at radius 1 is 0.571 bits per heavy atom. The van der Waals surface area contributed by atoms with Crippen molar-refractivity contribution in [2.45, 2.75) is 12.2 Å². The SMILES string of the molecule is N=C(N)C(Oc1ccccc1)c1ccc(C(Oc2ccccc2)C(=N)N)cc1. The lowest BCUT2D eigenvalue weighted by atomic mass is 10.0. The molecule has 0 bridgehead atoms. The van der Waals surface area contributed by atoms with Gasteiger partial charge in [0.15, 0.2) is 12.2 Å². The van der Waals surface area contributed by atoms with E-state index in [-0.39, 0.29) is 11.7 Å². The highest BCUT2D eigenvalue weighted by atomic mass is 16.5. The van der Waals surface area contributed by atoms with Crippen LogP contribution in [0.2, 0.25) is 0 Å². The first-order chi connectivity index (χ1) is 13.5. The summed E-state index contributed by atoms with van der Waals surface area (Å²) >= 11 is 0. The Labute approximate surface area is 163 Å². The maximum absolute atomic E-state index is 7.87. The summed E-state index contributed by atoms with van der Waals surface area (Å²) in [5.41, 5.74) is 12.9. The number of amidine groups is 2. The van der Waals surface area contributed by atoms with E-state index in [2.05, 4.69) is 0 Å². The predicted octanol–water partition coefficient (Wildman–Crippen LogP) is 3.80. The second-order valence-electron chi connectivity index (χ2n) is 6.20. The van der Waals surface area contributed by atoms with Crippen molar-refractivity contribution in [3.05, 3.63) is 96.1 Å². The maximum Gasteiger partial charge on any atom is 0.180 e. The fourth-order valence-electron chi connectivity index (χ4n) is 2.74. The molecule has 6 nitrogen and oxygen atoms in total. The normalized spacial score (nSPS) is 12.6. The minimum atomic E-state index is -0.706. The lowest BCUT2D eigenvalue weighted by Crippen LogP contribution is -2.26. The van der Waals surface area contributed by atoms with E-state index in [0.29, 0.717) is 11.5 Å². The van der Waals surface area contributed by atoms with E-state index in [9.17, 15) is 0 Å². The van der Waals surface area contributed by atoms with Crippen molar-refractivity contribution >= 4 is 11.7 Å². The number of hydrogen-bond donors (Lipinski definition) is 4. The van der Waals surface area contributed by atoms with E-state index in [1.54, 1.807) is 24.3 Å². The van der Waals surface area contributed by atoms with Crippen LogP contribution in [0, 0.1) is 10.8 Å². The number of nitrogens with one attached hydrogen (secondary N) is 2. The van der Waals surface area contributed by atoms with Gasteiger partial charge in [-0.1, -0.05) is 60.7 Å². The molecule has 0 saturated carbocycles. The molecule has 3 rings (SSSR count). The summed E-state index contributed by atoms with van der Waals surface area (Å²) in [5, 5.41) is 15.7. The average molecular weight is 374 g/mol. The third-order valence-electron chi connectivity index (χ3n) is 4.10. The lowest BCUT2D eigenvalue weighted by molar-refractivity contribution is 0.267. The van der Waals surface area contributed by atoms with Gasteiger partial charge in [0.1, 0.15) is 23.2 Å². The van der Waals surface area contributed by atoms with E-state index in [1.807, 2.05) is 60.7 Å². The Morgan fingerprint density at radius 3 is 1.18 bits per heavy atom.